The predicted molar refractivity (Wildman–Crippen MR) is 75.8 cm³/mol. The molecule has 4 nitrogen and oxygen atoms in total. The molecule has 2 rings (SSSR count). The van der Waals surface area contributed by atoms with Gasteiger partial charge in [0.1, 0.15) is 5.75 Å². The molecule has 0 bridgehead atoms. The molecule has 5 heteroatoms. The Morgan fingerprint density at radius 1 is 1.44 bits per heavy atom. The number of aromatic amines is 1. The molecular formula is C13H18N2O2Se. The number of benzene rings is 1. The number of methoxy groups -OCH3 is 1. The molecule has 0 saturated heterocycles. The van der Waals surface area contributed by atoms with E-state index in [2.05, 4.69) is 10.3 Å². The van der Waals surface area contributed by atoms with Gasteiger partial charge in [0.15, 0.2) is 0 Å². The van der Waals surface area contributed by atoms with E-state index in [1.54, 1.807) is 7.11 Å². The molecule has 0 radical (unpaired) electrons. The Bertz CT molecular complexity index is 537. The third kappa shape index (κ3) is 3.28. The van der Waals surface area contributed by atoms with E-state index >= 15 is 0 Å². The molecule has 0 unspecified atom stereocenters. The second-order valence-electron chi connectivity index (χ2n) is 3.96. The van der Waals surface area contributed by atoms with Gasteiger partial charge in [0.25, 0.3) is 0 Å². The summed E-state index contributed by atoms with van der Waals surface area (Å²) in [5.41, 5.74) is 2.27. The van der Waals surface area contributed by atoms with E-state index in [1.165, 1.54) is 12.5 Å². The molecule has 2 aromatic rings. The molecule has 1 aromatic carbocycles. The molecule has 0 saturated carbocycles. The van der Waals surface area contributed by atoms with Gasteiger partial charge in [-0.05, 0) is 30.2 Å². The number of nitrogens with one attached hydrogen (secondary N) is 2. The number of aromatic nitrogens is 1. The van der Waals surface area contributed by atoms with Crippen molar-refractivity contribution in [2.24, 2.45) is 0 Å². The molecule has 1 heterocycles. The van der Waals surface area contributed by atoms with E-state index in [9.17, 15) is 4.79 Å². The topological polar surface area (TPSA) is 54.1 Å². The molecule has 18 heavy (non-hydrogen) atoms. The van der Waals surface area contributed by atoms with Gasteiger partial charge in [-0.2, -0.15) is 0 Å². The number of hydrogen-bond donors (Lipinski definition) is 2. The number of ether oxygens (including phenoxy) is 1. The summed E-state index contributed by atoms with van der Waals surface area (Å²) in [5.74, 6) is 0.847. The van der Waals surface area contributed by atoms with Crippen LogP contribution >= 0.6 is 0 Å². The zero-order valence-electron chi connectivity index (χ0n) is 10.5. The quantitative estimate of drug-likeness (QED) is 0.826. The molecule has 0 spiro atoms. The third-order valence-electron chi connectivity index (χ3n) is 2.74. The van der Waals surface area contributed by atoms with Crippen LogP contribution in [0.15, 0.2) is 24.4 Å². The number of hydrogen-bond acceptors (Lipinski definition) is 2. The van der Waals surface area contributed by atoms with Crippen LogP contribution in [0.1, 0.15) is 12.5 Å². The van der Waals surface area contributed by atoms with E-state index in [0.717, 1.165) is 23.1 Å². The fourth-order valence-electron chi connectivity index (χ4n) is 1.86. The minimum atomic E-state index is 0. The maximum atomic E-state index is 10.8. The van der Waals surface area contributed by atoms with Gasteiger partial charge in [-0.1, -0.05) is 0 Å². The molecule has 2 N–H and O–H groups in total. The van der Waals surface area contributed by atoms with Crippen LogP contribution in [-0.2, 0) is 11.2 Å². The first-order chi connectivity index (χ1) is 8.20. The number of carbonyl (C=O) groups is 1. The Labute approximate surface area is 117 Å². The standard InChI is InChI=1S/C13H16N2O2.H2Se/c1-9(16)14-6-5-10-8-15-13-4-3-11(17-2)7-12(10)13;/h3-4,7-8,15H,5-6H2,1-2H3,(H,14,16);1H2. The van der Waals surface area contributed by atoms with Gasteiger partial charge in [0.2, 0.25) is 5.91 Å². The average molecular weight is 313 g/mol. The first-order valence-corrected chi connectivity index (χ1v) is 5.59. The Morgan fingerprint density at radius 2 is 2.22 bits per heavy atom. The molecule has 1 amide bonds. The van der Waals surface area contributed by atoms with Crippen molar-refractivity contribution in [3.8, 4) is 5.75 Å². The molecule has 0 aliphatic rings. The minimum absolute atomic E-state index is 0. The number of carbonyl (C=O) groups excluding carboxylic acids is 1. The molecule has 98 valence electrons. The summed E-state index contributed by atoms with van der Waals surface area (Å²) in [7, 11) is 1.66. The zero-order chi connectivity index (χ0) is 12.3. The second kappa shape index (κ2) is 6.47. The number of fused-ring (bicyclic) bond motifs is 1. The van der Waals surface area contributed by atoms with Crippen LogP contribution in [0.4, 0.5) is 0 Å². The predicted octanol–water partition coefficient (Wildman–Crippen LogP) is 0.939. The Kier molecular flexibility index (Phi) is 5.25. The Hall–Kier alpha value is -1.45. The first-order valence-electron chi connectivity index (χ1n) is 5.59. The second-order valence-corrected chi connectivity index (χ2v) is 3.96. The molecular weight excluding hydrogens is 295 g/mol. The van der Waals surface area contributed by atoms with Crippen molar-refractivity contribution in [3.05, 3.63) is 30.0 Å². The summed E-state index contributed by atoms with van der Waals surface area (Å²) in [6, 6.07) is 5.93. The van der Waals surface area contributed by atoms with Gasteiger partial charge in [-0.25, -0.2) is 0 Å². The zero-order valence-corrected chi connectivity index (χ0v) is 12.6. The summed E-state index contributed by atoms with van der Waals surface area (Å²) in [5, 5.41) is 3.94. The molecule has 0 aliphatic heterocycles. The van der Waals surface area contributed by atoms with E-state index < -0.39 is 0 Å². The number of rotatable bonds is 4. The first kappa shape index (κ1) is 14.6. The van der Waals surface area contributed by atoms with E-state index in [0.29, 0.717) is 6.54 Å². The number of amides is 1. The van der Waals surface area contributed by atoms with Crippen LogP contribution in [0.5, 0.6) is 5.75 Å². The van der Waals surface area contributed by atoms with Gasteiger partial charge >= 0.3 is 17.1 Å². The van der Waals surface area contributed by atoms with Crippen molar-refractivity contribution >= 4 is 33.9 Å². The van der Waals surface area contributed by atoms with E-state index in [4.69, 9.17) is 4.74 Å². The van der Waals surface area contributed by atoms with Crippen molar-refractivity contribution < 1.29 is 9.53 Å². The van der Waals surface area contributed by atoms with Gasteiger partial charge in [0.05, 0.1) is 7.11 Å². The normalized spacial score (nSPS) is 9.89. The van der Waals surface area contributed by atoms with Gasteiger partial charge in [-0.15, -0.1) is 0 Å². The maximum absolute atomic E-state index is 10.8. The molecule has 1 aromatic heterocycles. The average Bonchev–Trinajstić information content (AvgIpc) is 2.71. The van der Waals surface area contributed by atoms with Crippen LogP contribution in [0.25, 0.3) is 10.9 Å². The monoisotopic (exact) mass is 314 g/mol. The van der Waals surface area contributed by atoms with Crippen LogP contribution in [0, 0.1) is 0 Å². The van der Waals surface area contributed by atoms with Crippen molar-refractivity contribution in [1.82, 2.24) is 10.3 Å². The van der Waals surface area contributed by atoms with Gasteiger partial charge < -0.3 is 15.0 Å². The Balaban J connectivity index is 0.00000162. The van der Waals surface area contributed by atoms with Gasteiger partial charge in [0, 0.05) is 30.6 Å². The third-order valence-corrected chi connectivity index (χ3v) is 2.74. The summed E-state index contributed by atoms with van der Waals surface area (Å²) in [4.78, 5) is 14.0. The van der Waals surface area contributed by atoms with Crippen molar-refractivity contribution in [2.75, 3.05) is 13.7 Å². The van der Waals surface area contributed by atoms with Crippen LogP contribution in [0.3, 0.4) is 0 Å². The number of H-pyrrole nitrogens is 1. The molecule has 0 aliphatic carbocycles. The van der Waals surface area contributed by atoms with E-state index in [1.807, 2.05) is 24.4 Å². The van der Waals surface area contributed by atoms with Crippen molar-refractivity contribution in [3.63, 3.8) is 0 Å². The SMILES string of the molecule is COc1ccc2[nH]cc(CCNC(C)=O)c2c1.[SeH2]. The van der Waals surface area contributed by atoms with Crippen LogP contribution in [-0.4, -0.2) is 41.6 Å². The van der Waals surface area contributed by atoms with Crippen molar-refractivity contribution in [2.45, 2.75) is 13.3 Å². The summed E-state index contributed by atoms with van der Waals surface area (Å²) in [6.45, 7) is 2.18. The summed E-state index contributed by atoms with van der Waals surface area (Å²) in [6.07, 6.45) is 2.79. The van der Waals surface area contributed by atoms with Gasteiger partial charge in [-0.3, -0.25) is 4.79 Å². The summed E-state index contributed by atoms with van der Waals surface area (Å²) < 4.78 is 5.21. The molecule has 0 atom stereocenters. The van der Waals surface area contributed by atoms with E-state index in [-0.39, 0.29) is 23.0 Å². The summed E-state index contributed by atoms with van der Waals surface area (Å²) >= 11 is 0. The Morgan fingerprint density at radius 3 is 2.89 bits per heavy atom. The molecule has 0 fully saturated rings. The van der Waals surface area contributed by atoms with Crippen LogP contribution < -0.4 is 10.1 Å². The fraction of sp³-hybridized carbons (Fsp3) is 0.308. The van der Waals surface area contributed by atoms with Crippen LogP contribution in [0.2, 0.25) is 0 Å². The van der Waals surface area contributed by atoms with Crippen molar-refractivity contribution in [1.29, 1.82) is 0 Å². The fourth-order valence-corrected chi connectivity index (χ4v) is 1.86.